The van der Waals surface area contributed by atoms with Crippen molar-refractivity contribution in [1.29, 1.82) is 0 Å². The molecule has 1 aromatic carbocycles. The first-order chi connectivity index (χ1) is 8.50. The lowest BCUT2D eigenvalue weighted by atomic mass is 10.2. The number of nitrogens with zero attached hydrogens (tertiary/aromatic N) is 1. The maximum Gasteiger partial charge on any atom is 0.272 e. The minimum absolute atomic E-state index is 0.222. The lowest BCUT2D eigenvalue weighted by Crippen LogP contribution is -2.11. The third-order valence-electron chi connectivity index (χ3n) is 2.07. The number of rotatable bonds is 7. The monoisotopic (exact) mass is 254 g/mol. The largest absolute Gasteiger partial charge is 0.380 e. The highest BCUT2D eigenvalue weighted by Crippen LogP contribution is 2.20. The van der Waals surface area contributed by atoms with Gasteiger partial charge in [-0.25, -0.2) is 4.39 Å². The Balaban J connectivity index is 2.43. The van der Waals surface area contributed by atoms with E-state index in [1.165, 1.54) is 12.1 Å². The molecular formula is C12H15FN2O3. The molecule has 0 atom stereocenters. The quantitative estimate of drug-likeness (QED) is 0.351. The summed E-state index contributed by atoms with van der Waals surface area (Å²) in [6.45, 7) is 6.82. The normalized spacial score (nSPS) is 10.1. The summed E-state index contributed by atoms with van der Waals surface area (Å²) in [5, 5.41) is 13.2. The maximum absolute atomic E-state index is 13.4. The molecule has 0 aliphatic carbocycles. The number of hydrogen-bond acceptors (Lipinski definition) is 4. The first-order valence-electron chi connectivity index (χ1n) is 5.40. The van der Waals surface area contributed by atoms with Crippen molar-refractivity contribution in [3.05, 3.63) is 46.3 Å². The molecule has 98 valence electrons. The predicted molar refractivity (Wildman–Crippen MR) is 67.2 cm³/mol. The van der Waals surface area contributed by atoms with E-state index in [1.807, 2.05) is 6.92 Å². The minimum atomic E-state index is -0.649. The zero-order valence-electron chi connectivity index (χ0n) is 10.1. The summed E-state index contributed by atoms with van der Waals surface area (Å²) in [5.74, 6) is -0.649. The highest BCUT2D eigenvalue weighted by Gasteiger charge is 2.09. The van der Waals surface area contributed by atoms with E-state index in [-0.39, 0.29) is 11.4 Å². The van der Waals surface area contributed by atoms with Gasteiger partial charge in [0.25, 0.3) is 5.69 Å². The first kappa shape index (κ1) is 14.1. The van der Waals surface area contributed by atoms with E-state index in [4.69, 9.17) is 4.74 Å². The van der Waals surface area contributed by atoms with E-state index < -0.39 is 10.7 Å². The summed E-state index contributed by atoms with van der Waals surface area (Å²) in [6, 6.07) is 3.48. The lowest BCUT2D eigenvalue weighted by Gasteiger charge is -2.08. The van der Waals surface area contributed by atoms with E-state index >= 15 is 0 Å². The number of nitro benzene ring substituents is 1. The Morgan fingerprint density at radius 2 is 2.33 bits per heavy atom. The molecule has 0 aliphatic heterocycles. The number of hydrogen-bond donors (Lipinski definition) is 1. The molecule has 0 fully saturated rings. The van der Waals surface area contributed by atoms with Gasteiger partial charge in [0.1, 0.15) is 0 Å². The zero-order chi connectivity index (χ0) is 13.5. The molecule has 0 saturated carbocycles. The number of nitro groups is 1. The molecule has 0 aromatic heterocycles. The second kappa shape index (κ2) is 6.70. The van der Waals surface area contributed by atoms with Crippen LogP contribution in [0.1, 0.15) is 6.92 Å². The summed E-state index contributed by atoms with van der Waals surface area (Å²) in [7, 11) is 0. The van der Waals surface area contributed by atoms with Gasteiger partial charge in [0.15, 0.2) is 5.82 Å². The highest BCUT2D eigenvalue weighted by atomic mass is 19.1. The van der Waals surface area contributed by atoms with Gasteiger partial charge < -0.3 is 10.1 Å². The average molecular weight is 254 g/mol. The summed E-state index contributed by atoms with van der Waals surface area (Å²) in [6.07, 6.45) is 0. The molecule has 1 aromatic rings. The molecule has 1 rings (SSSR count). The van der Waals surface area contributed by atoms with Gasteiger partial charge in [-0.1, -0.05) is 12.2 Å². The first-order valence-corrected chi connectivity index (χ1v) is 5.40. The molecule has 5 nitrogen and oxygen atoms in total. The molecule has 0 radical (unpaired) electrons. The third kappa shape index (κ3) is 4.50. The van der Waals surface area contributed by atoms with Crippen molar-refractivity contribution in [2.75, 3.05) is 25.1 Å². The van der Waals surface area contributed by atoms with Crippen molar-refractivity contribution in [2.24, 2.45) is 0 Å². The van der Waals surface area contributed by atoms with Gasteiger partial charge in [0.05, 0.1) is 29.9 Å². The summed E-state index contributed by atoms with van der Waals surface area (Å²) >= 11 is 0. The Morgan fingerprint density at radius 1 is 1.61 bits per heavy atom. The molecule has 6 heteroatoms. The SMILES string of the molecule is C=C(C)COCCNc1ccc([N+](=O)[O-])cc1F. The Kier molecular flexibility index (Phi) is 5.26. The molecule has 0 spiro atoms. The van der Waals surface area contributed by atoms with Crippen molar-refractivity contribution < 1.29 is 14.1 Å². The van der Waals surface area contributed by atoms with Crippen molar-refractivity contribution in [3.63, 3.8) is 0 Å². The highest BCUT2D eigenvalue weighted by molar-refractivity contribution is 5.50. The van der Waals surface area contributed by atoms with Crippen molar-refractivity contribution >= 4 is 11.4 Å². The van der Waals surface area contributed by atoms with Crippen LogP contribution in [0.2, 0.25) is 0 Å². The Bertz CT molecular complexity index is 449. The molecule has 0 amide bonds. The van der Waals surface area contributed by atoms with Gasteiger partial charge in [0, 0.05) is 12.6 Å². The van der Waals surface area contributed by atoms with Crippen LogP contribution < -0.4 is 5.32 Å². The van der Waals surface area contributed by atoms with E-state index in [0.717, 1.165) is 11.6 Å². The summed E-state index contributed by atoms with van der Waals surface area (Å²) in [4.78, 5) is 9.78. The topological polar surface area (TPSA) is 64.4 Å². The number of anilines is 1. The fourth-order valence-electron chi connectivity index (χ4n) is 1.27. The van der Waals surface area contributed by atoms with Gasteiger partial charge in [0.2, 0.25) is 0 Å². The molecule has 0 aliphatic rings. The predicted octanol–water partition coefficient (Wildman–Crippen LogP) is 2.74. The van der Waals surface area contributed by atoms with E-state index in [9.17, 15) is 14.5 Å². The van der Waals surface area contributed by atoms with Crippen LogP contribution in [0, 0.1) is 15.9 Å². The van der Waals surface area contributed by atoms with Gasteiger partial charge in [-0.2, -0.15) is 0 Å². The van der Waals surface area contributed by atoms with Crippen molar-refractivity contribution in [3.8, 4) is 0 Å². The fourth-order valence-corrected chi connectivity index (χ4v) is 1.27. The Hall–Kier alpha value is -1.95. The number of non-ortho nitro benzene ring substituents is 1. The second-order valence-corrected chi connectivity index (χ2v) is 3.86. The lowest BCUT2D eigenvalue weighted by molar-refractivity contribution is -0.385. The number of ether oxygens (including phenoxy) is 1. The van der Waals surface area contributed by atoms with Crippen LogP contribution in [-0.4, -0.2) is 24.7 Å². The number of benzene rings is 1. The van der Waals surface area contributed by atoms with E-state index in [0.29, 0.717) is 19.8 Å². The van der Waals surface area contributed by atoms with E-state index in [2.05, 4.69) is 11.9 Å². The number of nitrogens with one attached hydrogen (secondary N) is 1. The Morgan fingerprint density at radius 3 is 2.89 bits per heavy atom. The zero-order valence-corrected chi connectivity index (χ0v) is 10.1. The molecular weight excluding hydrogens is 239 g/mol. The fraction of sp³-hybridized carbons (Fsp3) is 0.333. The van der Waals surface area contributed by atoms with Crippen LogP contribution in [0.5, 0.6) is 0 Å². The third-order valence-corrected chi connectivity index (χ3v) is 2.07. The van der Waals surface area contributed by atoms with E-state index in [1.54, 1.807) is 0 Å². The van der Waals surface area contributed by atoms with Crippen molar-refractivity contribution in [2.45, 2.75) is 6.92 Å². The summed E-state index contributed by atoms with van der Waals surface area (Å²) in [5.41, 5.74) is 0.868. The molecule has 1 N–H and O–H groups in total. The molecule has 18 heavy (non-hydrogen) atoms. The van der Waals surface area contributed by atoms with Gasteiger partial charge in [-0.3, -0.25) is 10.1 Å². The van der Waals surface area contributed by atoms with Gasteiger partial charge >= 0.3 is 0 Å². The molecule has 0 saturated heterocycles. The molecule has 0 heterocycles. The average Bonchev–Trinajstić information content (AvgIpc) is 2.29. The minimum Gasteiger partial charge on any atom is -0.380 e. The van der Waals surface area contributed by atoms with Gasteiger partial charge in [-0.05, 0) is 13.0 Å². The van der Waals surface area contributed by atoms with Gasteiger partial charge in [-0.15, -0.1) is 0 Å². The molecule has 0 bridgehead atoms. The maximum atomic E-state index is 13.4. The van der Waals surface area contributed by atoms with Crippen LogP contribution in [0.15, 0.2) is 30.4 Å². The Labute approximate surface area is 104 Å². The van der Waals surface area contributed by atoms with Crippen LogP contribution in [0.3, 0.4) is 0 Å². The van der Waals surface area contributed by atoms with Crippen LogP contribution in [-0.2, 0) is 4.74 Å². The standard InChI is InChI=1S/C12H15FN2O3/c1-9(2)8-18-6-5-14-12-4-3-10(15(16)17)7-11(12)13/h3-4,7,14H,1,5-6,8H2,2H3. The molecule has 0 unspecified atom stereocenters. The smallest absolute Gasteiger partial charge is 0.272 e. The number of halogens is 1. The van der Waals surface area contributed by atoms with Crippen molar-refractivity contribution in [1.82, 2.24) is 0 Å². The summed E-state index contributed by atoms with van der Waals surface area (Å²) < 4.78 is 18.7. The van der Waals surface area contributed by atoms with Crippen LogP contribution in [0.25, 0.3) is 0 Å². The van der Waals surface area contributed by atoms with Crippen LogP contribution >= 0.6 is 0 Å². The second-order valence-electron chi connectivity index (χ2n) is 3.86. The van der Waals surface area contributed by atoms with Crippen LogP contribution in [0.4, 0.5) is 15.8 Å².